The maximum atomic E-state index is 13.8. The van der Waals surface area contributed by atoms with Crippen molar-refractivity contribution in [1.82, 2.24) is 25.5 Å². The van der Waals surface area contributed by atoms with Crippen LogP contribution in [0.15, 0.2) is 42.5 Å². The van der Waals surface area contributed by atoms with E-state index in [-0.39, 0.29) is 5.92 Å². The van der Waals surface area contributed by atoms with Gasteiger partial charge < -0.3 is 15.8 Å². The van der Waals surface area contributed by atoms with Crippen molar-refractivity contribution in [3.8, 4) is 22.8 Å². The lowest BCUT2D eigenvalue weighted by molar-refractivity contribution is 0.407. The summed E-state index contributed by atoms with van der Waals surface area (Å²) in [7, 11) is 0. The molecule has 0 aliphatic carbocycles. The fourth-order valence-electron chi connectivity index (χ4n) is 3.82. The number of fused-ring (bicyclic) bond motifs is 1. The van der Waals surface area contributed by atoms with Gasteiger partial charge in [0, 0.05) is 18.0 Å². The summed E-state index contributed by atoms with van der Waals surface area (Å²) in [5, 5.41) is 11.3. The standard InChI is InChI=1S/C22H20F2N6O/c23-15-4-1-5-16(24)19(15)31-14-8-6-12(7-9-14)18-17-20(25)27-21(28-22(17)30-29-18)13-3-2-10-26-11-13/h1,4-9,13,26H,2-3,10-11H2,(H3,25,27,28,29,30)/t13-/m1/s1. The number of H-pyrrole nitrogens is 1. The fourth-order valence-corrected chi connectivity index (χ4v) is 3.82. The van der Waals surface area contributed by atoms with E-state index in [0.29, 0.717) is 34.1 Å². The number of nitrogens with one attached hydrogen (secondary N) is 2. The Hall–Kier alpha value is -3.59. The molecule has 9 heteroatoms. The molecular formula is C22H20F2N6O. The van der Waals surface area contributed by atoms with E-state index in [9.17, 15) is 8.78 Å². The minimum atomic E-state index is -0.766. The molecule has 31 heavy (non-hydrogen) atoms. The third kappa shape index (κ3) is 3.68. The maximum absolute atomic E-state index is 13.8. The van der Waals surface area contributed by atoms with Gasteiger partial charge in [0.15, 0.2) is 23.0 Å². The zero-order chi connectivity index (χ0) is 21.4. The third-order valence-corrected chi connectivity index (χ3v) is 5.40. The number of benzene rings is 2. The number of rotatable bonds is 4. The van der Waals surface area contributed by atoms with Crippen molar-refractivity contribution in [2.45, 2.75) is 18.8 Å². The van der Waals surface area contributed by atoms with E-state index in [4.69, 9.17) is 10.5 Å². The van der Waals surface area contributed by atoms with E-state index >= 15 is 0 Å². The van der Waals surface area contributed by atoms with Gasteiger partial charge in [0.25, 0.3) is 0 Å². The second kappa shape index (κ2) is 7.92. The van der Waals surface area contributed by atoms with Crippen LogP contribution in [0, 0.1) is 11.6 Å². The van der Waals surface area contributed by atoms with Crippen LogP contribution < -0.4 is 15.8 Å². The van der Waals surface area contributed by atoms with Crippen LogP contribution in [0.2, 0.25) is 0 Å². The molecule has 1 saturated heterocycles. The van der Waals surface area contributed by atoms with Crippen molar-refractivity contribution in [2.75, 3.05) is 18.8 Å². The number of nitrogens with zero attached hydrogens (tertiary/aromatic N) is 3. The van der Waals surface area contributed by atoms with Crippen LogP contribution in [-0.4, -0.2) is 33.3 Å². The van der Waals surface area contributed by atoms with Gasteiger partial charge in [-0.15, -0.1) is 0 Å². The number of piperidine rings is 1. The SMILES string of the molecule is Nc1nc([C@@H]2CCCNC2)nc2n[nH]c(-c3ccc(Oc4c(F)cccc4F)cc3)c12. The molecule has 1 aliphatic rings. The summed E-state index contributed by atoms with van der Waals surface area (Å²) in [6, 6.07) is 10.3. The summed E-state index contributed by atoms with van der Waals surface area (Å²) in [5.41, 5.74) is 8.22. The zero-order valence-electron chi connectivity index (χ0n) is 16.5. The van der Waals surface area contributed by atoms with Crippen LogP contribution in [0.3, 0.4) is 0 Å². The Balaban J connectivity index is 1.44. The Labute approximate surface area is 176 Å². The highest BCUT2D eigenvalue weighted by molar-refractivity contribution is 5.98. The number of halogens is 2. The van der Waals surface area contributed by atoms with Crippen LogP contribution in [0.4, 0.5) is 14.6 Å². The summed E-state index contributed by atoms with van der Waals surface area (Å²) in [4.78, 5) is 9.15. The highest BCUT2D eigenvalue weighted by Gasteiger charge is 2.22. The van der Waals surface area contributed by atoms with E-state index in [1.165, 1.54) is 6.07 Å². The number of aromatic nitrogens is 4. The van der Waals surface area contributed by atoms with Gasteiger partial charge in [-0.05, 0) is 55.8 Å². The molecule has 0 radical (unpaired) electrons. The molecule has 0 amide bonds. The lowest BCUT2D eigenvalue weighted by atomic mass is 9.98. The number of anilines is 1. The molecule has 0 saturated carbocycles. The highest BCUT2D eigenvalue weighted by atomic mass is 19.1. The predicted octanol–water partition coefficient (Wildman–Crippen LogP) is 4.14. The van der Waals surface area contributed by atoms with Crippen molar-refractivity contribution >= 4 is 16.9 Å². The van der Waals surface area contributed by atoms with Gasteiger partial charge in [-0.25, -0.2) is 18.7 Å². The largest absolute Gasteiger partial charge is 0.451 e. The first-order chi connectivity index (χ1) is 15.1. The topological polar surface area (TPSA) is 102 Å². The van der Waals surface area contributed by atoms with Gasteiger partial charge >= 0.3 is 0 Å². The Kier molecular flexibility index (Phi) is 4.95. The lowest BCUT2D eigenvalue weighted by Crippen LogP contribution is -2.29. The van der Waals surface area contributed by atoms with Crippen LogP contribution in [-0.2, 0) is 0 Å². The van der Waals surface area contributed by atoms with Crippen LogP contribution in [0.25, 0.3) is 22.3 Å². The highest BCUT2D eigenvalue weighted by Crippen LogP contribution is 2.33. The Bertz CT molecular complexity index is 1210. The van der Waals surface area contributed by atoms with Crippen molar-refractivity contribution in [3.63, 3.8) is 0 Å². The number of hydrogen-bond acceptors (Lipinski definition) is 6. The molecule has 158 valence electrons. The maximum Gasteiger partial charge on any atom is 0.198 e. The number of ether oxygens (including phenoxy) is 1. The van der Waals surface area contributed by atoms with Gasteiger partial charge in [0.1, 0.15) is 17.4 Å². The molecule has 4 aromatic rings. The summed E-state index contributed by atoms with van der Waals surface area (Å²) in [5.74, 6) is -0.391. The molecule has 1 atom stereocenters. The first-order valence-corrected chi connectivity index (χ1v) is 10.0. The molecule has 0 bridgehead atoms. The van der Waals surface area contributed by atoms with Crippen molar-refractivity contribution in [2.24, 2.45) is 0 Å². The molecule has 4 N–H and O–H groups in total. The Morgan fingerprint density at radius 3 is 2.52 bits per heavy atom. The molecule has 0 unspecified atom stereocenters. The molecular weight excluding hydrogens is 402 g/mol. The van der Waals surface area contributed by atoms with Crippen LogP contribution in [0.5, 0.6) is 11.5 Å². The second-order valence-electron chi connectivity index (χ2n) is 7.48. The van der Waals surface area contributed by atoms with E-state index < -0.39 is 17.4 Å². The normalized spacial score (nSPS) is 16.5. The van der Waals surface area contributed by atoms with E-state index in [1.54, 1.807) is 24.3 Å². The first kappa shape index (κ1) is 19.4. The predicted molar refractivity (Wildman–Crippen MR) is 113 cm³/mol. The van der Waals surface area contributed by atoms with Crippen LogP contribution >= 0.6 is 0 Å². The Morgan fingerprint density at radius 2 is 1.81 bits per heavy atom. The van der Waals surface area contributed by atoms with Gasteiger partial charge in [0.2, 0.25) is 0 Å². The number of hydrogen-bond donors (Lipinski definition) is 3. The number of para-hydroxylation sites is 1. The summed E-state index contributed by atoms with van der Waals surface area (Å²) in [6.07, 6.45) is 2.09. The van der Waals surface area contributed by atoms with Gasteiger partial charge in [-0.1, -0.05) is 6.07 Å². The number of nitrogens with two attached hydrogens (primary N) is 1. The minimum Gasteiger partial charge on any atom is -0.451 e. The molecule has 3 heterocycles. The summed E-state index contributed by atoms with van der Waals surface area (Å²) < 4.78 is 33.0. The monoisotopic (exact) mass is 422 g/mol. The number of nitrogen functional groups attached to an aromatic ring is 1. The van der Waals surface area contributed by atoms with Crippen molar-refractivity contribution in [1.29, 1.82) is 0 Å². The average Bonchev–Trinajstić information content (AvgIpc) is 3.22. The lowest BCUT2D eigenvalue weighted by Gasteiger charge is -2.21. The zero-order valence-corrected chi connectivity index (χ0v) is 16.5. The molecule has 5 rings (SSSR count). The van der Waals surface area contributed by atoms with E-state index in [2.05, 4.69) is 25.5 Å². The van der Waals surface area contributed by atoms with Crippen LogP contribution in [0.1, 0.15) is 24.6 Å². The quantitative estimate of drug-likeness (QED) is 0.457. The first-order valence-electron chi connectivity index (χ1n) is 10.0. The fraction of sp³-hybridized carbons (Fsp3) is 0.227. The summed E-state index contributed by atoms with van der Waals surface area (Å²) in [6.45, 7) is 1.83. The third-order valence-electron chi connectivity index (χ3n) is 5.40. The molecule has 0 spiro atoms. The summed E-state index contributed by atoms with van der Waals surface area (Å²) >= 11 is 0. The second-order valence-corrected chi connectivity index (χ2v) is 7.48. The van der Waals surface area contributed by atoms with Gasteiger partial charge in [-0.3, -0.25) is 5.10 Å². The number of aromatic amines is 1. The van der Waals surface area contributed by atoms with E-state index in [1.807, 2.05) is 0 Å². The average molecular weight is 422 g/mol. The van der Waals surface area contributed by atoms with Gasteiger partial charge in [0.05, 0.1) is 11.1 Å². The van der Waals surface area contributed by atoms with Crippen molar-refractivity contribution in [3.05, 3.63) is 59.9 Å². The smallest absolute Gasteiger partial charge is 0.198 e. The molecule has 2 aromatic carbocycles. The van der Waals surface area contributed by atoms with E-state index in [0.717, 1.165) is 43.6 Å². The van der Waals surface area contributed by atoms with Gasteiger partial charge in [-0.2, -0.15) is 5.10 Å². The molecule has 1 fully saturated rings. The molecule has 2 aromatic heterocycles. The van der Waals surface area contributed by atoms with Crippen molar-refractivity contribution < 1.29 is 13.5 Å². The molecule has 7 nitrogen and oxygen atoms in total. The molecule has 1 aliphatic heterocycles. The minimum absolute atomic E-state index is 0.218. The Morgan fingerprint density at radius 1 is 1.03 bits per heavy atom.